The molecule has 1 aliphatic heterocycles. The molecule has 0 spiro atoms. The first-order valence-electron chi connectivity index (χ1n) is 4.11. The lowest BCUT2D eigenvalue weighted by atomic mass is 10.3. The molecule has 1 aliphatic rings. The van der Waals surface area contributed by atoms with Crippen molar-refractivity contribution >= 4 is 16.2 Å². The fraction of sp³-hybridized carbons (Fsp3) is 0.833. The van der Waals surface area contributed by atoms with Crippen molar-refractivity contribution in [2.45, 2.75) is 18.0 Å². The van der Waals surface area contributed by atoms with Crippen LogP contribution < -0.4 is 0 Å². The van der Waals surface area contributed by atoms with Crippen molar-refractivity contribution in [3.05, 3.63) is 0 Å². The zero-order valence-electron chi connectivity index (χ0n) is 7.77. The first-order chi connectivity index (χ1) is 7.13. The van der Waals surface area contributed by atoms with E-state index in [0.717, 1.165) is 4.90 Å². The van der Waals surface area contributed by atoms with Crippen LogP contribution >= 0.6 is 0 Å². The van der Waals surface area contributed by atoms with Crippen LogP contribution in [0.4, 0.5) is 18.0 Å². The Kier molecular flexibility index (Phi) is 3.33. The van der Waals surface area contributed by atoms with Gasteiger partial charge in [0, 0.05) is 6.54 Å². The molecule has 1 fully saturated rings. The van der Waals surface area contributed by atoms with Crippen LogP contribution in [0.5, 0.6) is 0 Å². The van der Waals surface area contributed by atoms with Crippen molar-refractivity contribution in [3.8, 4) is 0 Å². The third-order valence-corrected chi connectivity index (χ3v) is 3.05. The van der Waals surface area contributed by atoms with Gasteiger partial charge in [-0.1, -0.05) is 0 Å². The highest BCUT2D eigenvalue weighted by molar-refractivity contribution is 7.87. The average Bonchev–Trinajstić information content (AvgIpc) is 2.49. The third kappa shape index (κ3) is 2.76. The zero-order chi connectivity index (χ0) is 12.6. The molecule has 0 aromatic rings. The predicted octanol–water partition coefficient (Wildman–Crippen LogP) is 0.605. The van der Waals surface area contributed by atoms with Crippen LogP contribution in [0.1, 0.15) is 6.42 Å². The molecule has 0 radical (unpaired) electrons. The minimum absolute atomic E-state index is 0.0482. The molecule has 1 unspecified atom stereocenters. The SMILES string of the molecule is O=C(O)N1CCC(OS(=O)(=O)C(F)(F)F)C1. The molecule has 10 heteroatoms. The van der Waals surface area contributed by atoms with Gasteiger partial charge in [0.05, 0.1) is 12.6 Å². The van der Waals surface area contributed by atoms with E-state index in [1.165, 1.54) is 0 Å². The maximum absolute atomic E-state index is 11.9. The first kappa shape index (κ1) is 13.0. The van der Waals surface area contributed by atoms with Crippen LogP contribution in [0.25, 0.3) is 0 Å². The highest BCUT2D eigenvalue weighted by atomic mass is 32.2. The third-order valence-electron chi connectivity index (χ3n) is 1.96. The minimum Gasteiger partial charge on any atom is -0.465 e. The van der Waals surface area contributed by atoms with Gasteiger partial charge in [-0.05, 0) is 6.42 Å². The molecule has 6 nitrogen and oxygen atoms in total. The zero-order valence-corrected chi connectivity index (χ0v) is 8.58. The molecule has 1 atom stereocenters. The van der Waals surface area contributed by atoms with Crippen molar-refractivity contribution in [1.82, 2.24) is 4.90 Å². The molecule has 1 N–H and O–H groups in total. The summed E-state index contributed by atoms with van der Waals surface area (Å²) in [6.07, 6.45) is -2.68. The maximum Gasteiger partial charge on any atom is 0.523 e. The lowest BCUT2D eigenvalue weighted by Crippen LogP contribution is -2.33. The van der Waals surface area contributed by atoms with Gasteiger partial charge in [-0.25, -0.2) is 4.79 Å². The van der Waals surface area contributed by atoms with E-state index in [0.29, 0.717) is 0 Å². The van der Waals surface area contributed by atoms with E-state index < -0.39 is 27.8 Å². The summed E-state index contributed by atoms with van der Waals surface area (Å²) in [5.74, 6) is 0. The Morgan fingerprint density at radius 1 is 1.44 bits per heavy atom. The fourth-order valence-electron chi connectivity index (χ4n) is 1.21. The summed E-state index contributed by atoms with van der Waals surface area (Å²) in [5, 5.41) is 8.49. The number of alkyl halides is 3. The molecule has 1 saturated heterocycles. The summed E-state index contributed by atoms with van der Waals surface area (Å²) in [6, 6.07) is 0. The van der Waals surface area contributed by atoms with Gasteiger partial charge >= 0.3 is 21.7 Å². The Hall–Kier alpha value is -1.03. The number of nitrogens with zero attached hydrogens (tertiary/aromatic N) is 1. The first-order valence-corrected chi connectivity index (χ1v) is 5.52. The number of halogens is 3. The summed E-state index contributed by atoms with van der Waals surface area (Å²) >= 11 is 0. The molecular formula is C6H8F3NO5S. The summed E-state index contributed by atoms with van der Waals surface area (Å²) < 4.78 is 60.7. The standard InChI is InChI=1S/C6H8F3NO5S/c7-6(8,9)16(13,14)15-4-1-2-10(3-4)5(11)12/h4H,1-3H2,(H,11,12). The van der Waals surface area contributed by atoms with Crippen molar-refractivity contribution < 1.29 is 35.7 Å². The van der Waals surface area contributed by atoms with Crippen molar-refractivity contribution in [2.75, 3.05) is 13.1 Å². The van der Waals surface area contributed by atoms with Crippen molar-refractivity contribution in [1.29, 1.82) is 0 Å². The van der Waals surface area contributed by atoms with Gasteiger partial charge in [-0.3, -0.25) is 4.18 Å². The largest absolute Gasteiger partial charge is 0.523 e. The molecule has 0 bridgehead atoms. The molecule has 1 rings (SSSR count). The highest BCUT2D eigenvalue weighted by Gasteiger charge is 2.49. The Morgan fingerprint density at radius 2 is 2.00 bits per heavy atom. The Balaban J connectivity index is 2.62. The number of rotatable bonds is 2. The highest BCUT2D eigenvalue weighted by Crippen LogP contribution is 2.27. The Labute approximate surface area is 88.7 Å². The number of hydrogen-bond donors (Lipinski definition) is 1. The molecule has 16 heavy (non-hydrogen) atoms. The Bertz CT molecular complexity index is 378. The van der Waals surface area contributed by atoms with Crippen LogP contribution in [0.3, 0.4) is 0 Å². The van der Waals surface area contributed by atoms with E-state index >= 15 is 0 Å². The van der Waals surface area contributed by atoms with Crippen molar-refractivity contribution in [3.63, 3.8) is 0 Å². The van der Waals surface area contributed by atoms with Gasteiger partial charge in [-0.2, -0.15) is 21.6 Å². The second-order valence-electron chi connectivity index (χ2n) is 3.14. The van der Waals surface area contributed by atoms with Gasteiger partial charge in [0.1, 0.15) is 0 Å². The van der Waals surface area contributed by atoms with E-state index in [-0.39, 0.29) is 19.5 Å². The summed E-state index contributed by atoms with van der Waals surface area (Å²) in [7, 11) is -5.65. The van der Waals surface area contributed by atoms with Crippen LogP contribution in [-0.4, -0.2) is 49.2 Å². The monoisotopic (exact) mass is 263 g/mol. The number of likely N-dealkylation sites (tertiary alicyclic amines) is 1. The van der Waals surface area contributed by atoms with Crippen LogP contribution in [0, 0.1) is 0 Å². The smallest absolute Gasteiger partial charge is 0.465 e. The van der Waals surface area contributed by atoms with Crippen LogP contribution in [-0.2, 0) is 14.3 Å². The lowest BCUT2D eigenvalue weighted by molar-refractivity contribution is -0.0569. The summed E-state index contributed by atoms with van der Waals surface area (Å²) in [5.41, 5.74) is -5.48. The minimum atomic E-state index is -5.65. The summed E-state index contributed by atoms with van der Waals surface area (Å²) in [6.45, 7) is -0.433. The van der Waals surface area contributed by atoms with E-state index in [1.54, 1.807) is 0 Å². The molecule has 94 valence electrons. The molecule has 0 aliphatic carbocycles. The topological polar surface area (TPSA) is 83.9 Å². The Morgan fingerprint density at radius 3 is 2.38 bits per heavy atom. The maximum atomic E-state index is 11.9. The molecule has 0 aromatic heterocycles. The van der Waals surface area contributed by atoms with Gasteiger partial charge in [0.2, 0.25) is 0 Å². The van der Waals surface area contributed by atoms with Gasteiger partial charge in [0.25, 0.3) is 0 Å². The van der Waals surface area contributed by atoms with Crippen molar-refractivity contribution in [2.24, 2.45) is 0 Å². The average molecular weight is 263 g/mol. The van der Waals surface area contributed by atoms with Gasteiger partial charge in [0.15, 0.2) is 0 Å². The molecule has 1 amide bonds. The predicted molar refractivity (Wildman–Crippen MR) is 44.1 cm³/mol. The number of amides is 1. The van der Waals surface area contributed by atoms with Crippen LogP contribution in [0.2, 0.25) is 0 Å². The molecule has 0 saturated carbocycles. The molecule has 0 aromatic carbocycles. The van der Waals surface area contributed by atoms with E-state index in [4.69, 9.17) is 5.11 Å². The summed E-state index contributed by atoms with van der Waals surface area (Å²) in [4.78, 5) is 11.2. The molecule has 1 heterocycles. The number of carbonyl (C=O) groups is 1. The normalized spacial score (nSPS) is 22.4. The van der Waals surface area contributed by atoms with Crippen LogP contribution in [0.15, 0.2) is 0 Å². The van der Waals surface area contributed by atoms with Gasteiger partial charge in [-0.15, -0.1) is 0 Å². The van der Waals surface area contributed by atoms with E-state index in [9.17, 15) is 26.4 Å². The number of hydrogen-bond acceptors (Lipinski definition) is 4. The van der Waals surface area contributed by atoms with E-state index in [2.05, 4.69) is 4.18 Å². The lowest BCUT2D eigenvalue weighted by Gasteiger charge is -2.14. The fourth-order valence-corrected chi connectivity index (χ4v) is 1.84. The van der Waals surface area contributed by atoms with E-state index in [1.807, 2.05) is 0 Å². The number of carboxylic acid groups (broad SMARTS) is 1. The second-order valence-corrected chi connectivity index (χ2v) is 4.70. The molecular weight excluding hydrogens is 255 g/mol. The second kappa shape index (κ2) is 4.09. The quantitative estimate of drug-likeness (QED) is 0.582. The van der Waals surface area contributed by atoms with Gasteiger partial charge < -0.3 is 10.0 Å².